The van der Waals surface area contributed by atoms with E-state index in [1.165, 1.54) is 23.5 Å². The van der Waals surface area contributed by atoms with Gasteiger partial charge in [-0.05, 0) is 35.7 Å². The lowest BCUT2D eigenvalue weighted by molar-refractivity contribution is 0.280. The number of nitrogens with zero attached hydrogens (tertiary/aromatic N) is 2. The van der Waals surface area contributed by atoms with Gasteiger partial charge in [0.25, 0.3) is 0 Å². The zero-order valence-corrected chi connectivity index (χ0v) is 19.6. The largest absolute Gasteiger partial charge is 0.395 e. The van der Waals surface area contributed by atoms with Crippen LogP contribution in [0.2, 0.25) is 0 Å². The molecule has 3 rings (SSSR count). The van der Waals surface area contributed by atoms with Gasteiger partial charge < -0.3 is 30.2 Å². The van der Waals surface area contributed by atoms with Crippen LogP contribution < -0.4 is 9.80 Å². The van der Waals surface area contributed by atoms with Gasteiger partial charge in [-0.15, -0.1) is 11.3 Å². The predicted molar refractivity (Wildman–Crippen MR) is 131 cm³/mol. The molecule has 0 unspecified atom stereocenters. The van der Waals surface area contributed by atoms with E-state index in [2.05, 4.69) is 0 Å². The first-order valence-corrected chi connectivity index (χ1v) is 12.0. The topological polar surface area (TPSA) is 87.4 Å². The fourth-order valence-corrected chi connectivity index (χ4v) is 4.91. The highest BCUT2D eigenvalue weighted by atomic mass is 32.1. The number of aliphatic hydroxyl groups excluding tert-OH is 4. The smallest absolute Gasteiger partial charge is 0.129 e. The minimum atomic E-state index is -0.670. The van der Waals surface area contributed by atoms with Crippen LogP contribution in [0.3, 0.4) is 0 Å². The molecule has 34 heavy (non-hydrogen) atoms. The third-order valence-electron chi connectivity index (χ3n) is 5.63. The monoisotopic (exact) mass is 492 g/mol. The number of hydrogen-bond acceptors (Lipinski definition) is 7. The maximum absolute atomic E-state index is 15.4. The van der Waals surface area contributed by atoms with Gasteiger partial charge >= 0.3 is 0 Å². The Morgan fingerprint density at radius 2 is 1.12 bits per heavy atom. The Hall–Kier alpha value is -2.56. The van der Waals surface area contributed by atoms with Gasteiger partial charge in [0.15, 0.2) is 0 Å². The van der Waals surface area contributed by atoms with Crippen LogP contribution in [0.5, 0.6) is 0 Å². The molecule has 0 radical (unpaired) electrons. The lowest BCUT2D eigenvalue weighted by Crippen LogP contribution is -2.30. The van der Waals surface area contributed by atoms with Crippen molar-refractivity contribution in [3.05, 3.63) is 81.5 Å². The van der Waals surface area contributed by atoms with Crippen molar-refractivity contribution in [2.75, 3.05) is 62.4 Å². The van der Waals surface area contributed by atoms with Gasteiger partial charge in [0.2, 0.25) is 0 Å². The standard InChI is InChI=1S/C25H30F2N2O4S/c26-22-16-18(28(7-11-30)8-12-31)3-5-20(22)25(24-2-1-15-34-24)21-6-4-19(17-23(21)27)29(9-13-32)10-14-33/h1-6,15-17,25,30-33H,7-14H2. The van der Waals surface area contributed by atoms with E-state index >= 15 is 8.78 Å². The molecule has 184 valence electrons. The second-order valence-electron chi connectivity index (χ2n) is 7.73. The van der Waals surface area contributed by atoms with Crippen molar-refractivity contribution >= 4 is 22.7 Å². The summed E-state index contributed by atoms with van der Waals surface area (Å²) >= 11 is 1.41. The Bertz CT molecular complexity index is 958. The van der Waals surface area contributed by atoms with Crippen LogP contribution in [-0.4, -0.2) is 73.0 Å². The quantitative estimate of drug-likeness (QED) is 0.294. The maximum atomic E-state index is 15.4. The number of aliphatic hydroxyl groups is 4. The van der Waals surface area contributed by atoms with Crippen LogP contribution in [0.25, 0.3) is 0 Å². The fraction of sp³-hybridized carbons (Fsp3) is 0.360. The molecule has 0 bridgehead atoms. The fourth-order valence-electron chi connectivity index (χ4n) is 4.05. The average Bonchev–Trinajstić information content (AvgIpc) is 3.35. The summed E-state index contributed by atoms with van der Waals surface area (Å²) in [6, 6.07) is 13.0. The lowest BCUT2D eigenvalue weighted by atomic mass is 9.88. The second kappa shape index (κ2) is 12.8. The number of benzene rings is 2. The summed E-state index contributed by atoms with van der Waals surface area (Å²) in [4.78, 5) is 4.14. The molecule has 2 aromatic carbocycles. The van der Waals surface area contributed by atoms with Crippen molar-refractivity contribution in [1.29, 1.82) is 0 Å². The minimum absolute atomic E-state index is 0.137. The van der Waals surface area contributed by atoms with Crippen LogP contribution in [0.1, 0.15) is 21.9 Å². The van der Waals surface area contributed by atoms with Crippen LogP contribution in [-0.2, 0) is 0 Å². The molecule has 0 spiro atoms. The molecule has 3 aromatic rings. The van der Waals surface area contributed by atoms with E-state index in [0.29, 0.717) is 22.5 Å². The Labute approximate surface area is 201 Å². The first-order chi connectivity index (χ1) is 16.5. The Kier molecular flexibility index (Phi) is 9.79. The van der Waals surface area contributed by atoms with E-state index in [-0.39, 0.29) is 52.6 Å². The summed E-state index contributed by atoms with van der Waals surface area (Å²) in [6.07, 6.45) is 0. The molecule has 0 saturated heterocycles. The first kappa shape index (κ1) is 26.1. The van der Waals surface area contributed by atoms with Crippen molar-refractivity contribution in [1.82, 2.24) is 0 Å². The van der Waals surface area contributed by atoms with Crippen LogP contribution in [0.4, 0.5) is 20.2 Å². The van der Waals surface area contributed by atoms with Crippen LogP contribution in [0.15, 0.2) is 53.9 Å². The van der Waals surface area contributed by atoms with Crippen molar-refractivity contribution in [2.24, 2.45) is 0 Å². The second-order valence-corrected chi connectivity index (χ2v) is 8.71. The Balaban J connectivity index is 2.02. The summed E-state index contributed by atoms with van der Waals surface area (Å²) in [7, 11) is 0. The molecule has 0 saturated carbocycles. The SMILES string of the molecule is OCCN(CCO)c1ccc(C(c2cccs2)c2ccc(N(CCO)CCO)cc2F)c(F)c1. The lowest BCUT2D eigenvalue weighted by Gasteiger charge is -2.26. The molecule has 9 heteroatoms. The molecule has 0 aliphatic rings. The average molecular weight is 493 g/mol. The third kappa shape index (κ3) is 6.11. The molecule has 0 aliphatic heterocycles. The maximum Gasteiger partial charge on any atom is 0.129 e. The molecule has 0 aliphatic carbocycles. The predicted octanol–water partition coefficient (Wildman–Crippen LogP) is 2.79. The molecule has 1 heterocycles. The van der Waals surface area contributed by atoms with Gasteiger partial charge in [0.05, 0.1) is 26.4 Å². The normalized spacial score (nSPS) is 11.3. The van der Waals surface area contributed by atoms with Gasteiger partial charge in [-0.3, -0.25) is 0 Å². The van der Waals surface area contributed by atoms with Gasteiger partial charge in [-0.25, -0.2) is 8.78 Å². The third-order valence-corrected chi connectivity index (χ3v) is 6.56. The molecule has 6 nitrogen and oxygen atoms in total. The van der Waals surface area contributed by atoms with Crippen molar-refractivity contribution in [2.45, 2.75) is 5.92 Å². The van der Waals surface area contributed by atoms with E-state index in [4.69, 9.17) is 0 Å². The van der Waals surface area contributed by atoms with E-state index in [1.54, 1.807) is 34.1 Å². The zero-order chi connectivity index (χ0) is 24.5. The summed E-state index contributed by atoms with van der Waals surface area (Å²) in [5.41, 5.74) is 1.67. The summed E-state index contributed by atoms with van der Waals surface area (Å²) in [5, 5.41) is 39.0. The number of halogens is 2. The summed E-state index contributed by atoms with van der Waals surface area (Å²) in [6.45, 7) is 0.462. The van der Waals surface area contributed by atoms with Gasteiger partial charge in [-0.1, -0.05) is 18.2 Å². The summed E-state index contributed by atoms with van der Waals surface area (Å²) in [5.74, 6) is -1.69. The molecule has 0 fully saturated rings. The van der Waals surface area contributed by atoms with Crippen molar-refractivity contribution < 1.29 is 29.2 Å². The summed E-state index contributed by atoms with van der Waals surface area (Å²) < 4.78 is 30.9. The van der Waals surface area contributed by atoms with Crippen molar-refractivity contribution in [3.8, 4) is 0 Å². The Morgan fingerprint density at radius 3 is 1.44 bits per heavy atom. The highest BCUT2D eigenvalue weighted by Crippen LogP contribution is 2.39. The van der Waals surface area contributed by atoms with E-state index in [0.717, 1.165) is 4.88 Å². The van der Waals surface area contributed by atoms with E-state index in [1.807, 2.05) is 17.5 Å². The van der Waals surface area contributed by atoms with Gasteiger partial charge in [-0.2, -0.15) is 0 Å². The molecular formula is C25H30F2N2O4S. The molecule has 4 N–H and O–H groups in total. The van der Waals surface area contributed by atoms with E-state index in [9.17, 15) is 20.4 Å². The number of hydrogen-bond donors (Lipinski definition) is 4. The highest BCUT2D eigenvalue weighted by molar-refractivity contribution is 7.10. The van der Waals surface area contributed by atoms with E-state index < -0.39 is 17.6 Å². The van der Waals surface area contributed by atoms with Crippen LogP contribution >= 0.6 is 11.3 Å². The minimum Gasteiger partial charge on any atom is -0.395 e. The molecular weight excluding hydrogens is 462 g/mol. The molecule has 0 atom stereocenters. The van der Waals surface area contributed by atoms with Gasteiger partial charge in [0, 0.05) is 59.5 Å². The highest BCUT2D eigenvalue weighted by Gasteiger charge is 2.25. The molecule has 1 aromatic heterocycles. The zero-order valence-electron chi connectivity index (χ0n) is 18.8. The molecule has 0 amide bonds. The Morgan fingerprint density at radius 1 is 0.676 bits per heavy atom. The van der Waals surface area contributed by atoms with Gasteiger partial charge in [0.1, 0.15) is 11.6 Å². The first-order valence-electron chi connectivity index (χ1n) is 11.1. The van der Waals surface area contributed by atoms with Crippen molar-refractivity contribution in [3.63, 3.8) is 0 Å². The number of rotatable bonds is 13. The number of thiophene rings is 1. The number of anilines is 2. The van der Waals surface area contributed by atoms with Crippen LogP contribution in [0, 0.1) is 11.6 Å².